The third kappa shape index (κ3) is 1.61. The molecule has 2 heterocycles. The number of methoxy groups -OCH3 is 1. The molecule has 3 rings (SSSR count). The molecule has 0 amide bonds. The first kappa shape index (κ1) is 10.4. The van der Waals surface area contributed by atoms with Crippen molar-refractivity contribution in [3.63, 3.8) is 0 Å². The van der Waals surface area contributed by atoms with Gasteiger partial charge in [-0.25, -0.2) is 0 Å². The van der Waals surface area contributed by atoms with Crippen molar-refractivity contribution >= 4 is 21.6 Å². The summed E-state index contributed by atoms with van der Waals surface area (Å²) < 4.78 is 8.39. The molecule has 2 aromatic heterocycles. The quantitative estimate of drug-likeness (QED) is 0.691. The Labute approximate surface area is 103 Å². The molecule has 0 spiro atoms. The van der Waals surface area contributed by atoms with Gasteiger partial charge in [0.15, 0.2) is 0 Å². The maximum absolute atomic E-state index is 5.25. The van der Waals surface area contributed by atoms with Crippen molar-refractivity contribution in [3.05, 3.63) is 35.7 Å². The zero-order valence-corrected chi connectivity index (χ0v) is 10.5. The third-order valence-corrected chi connectivity index (χ3v) is 3.71. The zero-order valence-electron chi connectivity index (χ0n) is 9.68. The summed E-state index contributed by atoms with van der Waals surface area (Å²) in [6, 6.07) is 10.1. The molecular formula is C13H12N2OS. The van der Waals surface area contributed by atoms with E-state index in [1.54, 1.807) is 18.4 Å². The van der Waals surface area contributed by atoms with Crippen LogP contribution in [0, 0.1) is 0 Å². The molecule has 0 aliphatic heterocycles. The number of fused-ring (bicyclic) bond motifs is 1. The zero-order chi connectivity index (χ0) is 11.8. The van der Waals surface area contributed by atoms with Gasteiger partial charge >= 0.3 is 0 Å². The van der Waals surface area contributed by atoms with Gasteiger partial charge in [-0.05, 0) is 23.6 Å². The second kappa shape index (κ2) is 3.89. The molecule has 0 saturated heterocycles. The monoisotopic (exact) mass is 244 g/mol. The van der Waals surface area contributed by atoms with Gasteiger partial charge in [-0.15, -0.1) is 11.3 Å². The van der Waals surface area contributed by atoms with Gasteiger partial charge in [0.1, 0.15) is 11.4 Å². The van der Waals surface area contributed by atoms with Gasteiger partial charge < -0.3 is 4.74 Å². The van der Waals surface area contributed by atoms with Gasteiger partial charge in [0.05, 0.1) is 17.3 Å². The minimum Gasteiger partial charge on any atom is -0.497 e. The molecule has 0 aliphatic rings. The summed E-state index contributed by atoms with van der Waals surface area (Å²) in [4.78, 5) is 0. The van der Waals surface area contributed by atoms with Gasteiger partial charge in [-0.1, -0.05) is 12.1 Å². The molecule has 17 heavy (non-hydrogen) atoms. The summed E-state index contributed by atoms with van der Waals surface area (Å²) in [6.45, 7) is 0. The lowest BCUT2D eigenvalue weighted by atomic mass is 10.1. The first-order chi connectivity index (χ1) is 8.29. The molecule has 0 bridgehead atoms. The summed E-state index contributed by atoms with van der Waals surface area (Å²) in [5.74, 6) is 0.859. The van der Waals surface area contributed by atoms with E-state index in [1.165, 1.54) is 10.2 Å². The molecule has 86 valence electrons. The van der Waals surface area contributed by atoms with E-state index >= 15 is 0 Å². The molecule has 3 nitrogen and oxygen atoms in total. The van der Waals surface area contributed by atoms with Gasteiger partial charge in [-0.2, -0.15) is 5.10 Å². The van der Waals surface area contributed by atoms with Crippen LogP contribution in [0.3, 0.4) is 0 Å². The Hall–Kier alpha value is -1.81. The van der Waals surface area contributed by atoms with Crippen LogP contribution in [0.25, 0.3) is 21.5 Å². The van der Waals surface area contributed by atoms with Crippen LogP contribution in [-0.4, -0.2) is 16.9 Å². The van der Waals surface area contributed by atoms with E-state index < -0.39 is 0 Å². The Morgan fingerprint density at radius 2 is 2.18 bits per heavy atom. The molecule has 0 atom stereocenters. The fraction of sp³-hybridized carbons (Fsp3) is 0.154. The molecule has 0 aliphatic carbocycles. The Balaban J connectivity index is 2.22. The Bertz CT molecular complexity index is 669. The van der Waals surface area contributed by atoms with Crippen LogP contribution in [0.2, 0.25) is 0 Å². The van der Waals surface area contributed by atoms with Crippen LogP contribution in [-0.2, 0) is 7.05 Å². The Morgan fingerprint density at radius 1 is 1.29 bits per heavy atom. The van der Waals surface area contributed by atoms with Crippen LogP contribution < -0.4 is 4.74 Å². The number of hydrogen-bond acceptors (Lipinski definition) is 3. The van der Waals surface area contributed by atoms with Crippen molar-refractivity contribution in [2.75, 3.05) is 7.11 Å². The average Bonchev–Trinajstić information content (AvgIpc) is 2.94. The summed E-state index contributed by atoms with van der Waals surface area (Å²) in [5.41, 5.74) is 3.29. The predicted molar refractivity (Wildman–Crippen MR) is 70.6 cm³/mol. The minimum absolute atomic E-state index is 0.859. The summed E-state index contributed by atoms with van der Waals surface area (Å²) in [6.07, 6.45) is 0. The summed E-state index contributed by atoms with van der Waals surface area (Å²) in [7, 11) is 3.65. The molecule has 4 heteroatoms. The molecule has 0 radical (unpaired) electrons. The van der Waals surface area contributed by atoms with E-state index in [0.717, 1.165) is 17.0 Å². The lowest BCUT2D eigenvalue weighted by molar-refractivity contribution is 0.415. The van der Waals surface area contributed by atoms with Crippen molar-refractivity contribution in [1.29, 1.82) is 0 Å². The molecule has 0 fully saturated rings. The minimum atomic E-state index is 0.859. The first-order valence-electron chi connectivity index (χ1n) is 5.34. The second-order valence-corrected chi connectivity index (χ2v) is 4.76. The Kier molecular flexibility index (Phi) is 2.37. The highest BCUT2D eigenvalue weighted by Gasteiger charge is 2.11. The van der Waals surface area contributed by atoms with Gasteiger partial charge in [0, 0.05) is 12.6 Å². The summed E-state index contributed by atoms with van der Waals surface area (Å²) in [5, 5.41) is 6.66. The van der Waals surface area contributed by atoms with E-state index in [1.807, 2.05) is 29.9 Å². The van der Waals surface area contributed by atoms with E-state index in [2.05, 4.69) is 22.6 Å². The van der Waals surface area contributed by atoms with Crippen LogP contribution >= 0.6 is 11.3 Å². The number of benzene rings is 1. The lowest BCUT2D eigenvalue weighted by Gasteiger charge is -2.01. The number of ether oxygens (including phenoxy) is 1. The van der Waals surface area contributed by atoms with Crippen molar-refractivity contribution in [2.45, 2.75) is 0 Å². The van der Waals surface area contributed by atoms with Crippen LogP contribution in [0.4, 0.5) is 0 Å². The second-order valence-electron chi connectivity index (χ2n) is 3.84. The number of nitrogens with zero attached hydrogens (tertiary/aromatic N) is 2. The number of thiophene rings is 1. The van der Waals surface area contributed by atoms with Crippen molar-refractivity contribution in [2.24, 2.45) is 7.05 Å². The highest BCUT2D eigenvalue weighted by Crippen LogP contribution is 2.32. The van der Waals surface area contributed by atoms with Gasteiger partial charge in [-0.3, -0.25) is 4.68 Å². The molecule has 0 saturated carbocycles. The fourth-order valence-corrected chi connectivity index (χ4v) is 2.87. The normalized spacial score (nSPS) is 10.9. The maximum Gasteiger partial charge on any atom is 0.119 e. The molecule has 1 aromatic carbocycles. The topological polar surface area (TPSA) is 27.1 Å². The SMILES string of the molecule is COc1cccc(-c2nn(C)c3ccsc23)c1. The highest BCUT2D eigenvalue weighted by molar-refractivity contribution is 7.17. The number of aromatic nitrogens is 2. The van der Waals surface area contributed by atoms with E-state index in [4.69, 9.17) is 4.74 Å². The smallest absolute Gasteiger partial charge is 0.119 e. The number of hydrogen-bond donors (Lipinski definition) is 0. The molecular weight excluding hydrogens is 232 g/mol. The highest BCUT2D eigenvalue weighted by atomic mass is 32.1. The van der Waals surface area contributed by atoms with E-state index in [-0.39, 0.29) is 0 Å². The van der Waals surface area contributed by atoms with Crippen molar-refractivity contribution in [1.82, 2.24) is 9.78 Å². The van der Waals surface area contributed by atoms with Gasteiger partial charge in [0.25, 0.3) is 0 Å². The van der Waals surface area contributed by atoms with E-state index in [9.17, 15) is 0 Å². The number of rotatable bonds is 2. The molecule has 0 unspecified atom stereocenters. The lowest BCUT2D eigenvalue weighted by Crippen LogP contribution is -1.89. The van der Waals surface area contributed by atoms with Crippen molar-refractivity contribution in [3.8, 4) is 17.0 Å². The third-order valence-electron chi connectivity index (χ3n) is 2.80. The maximum atomic E-state index is 5.25. The van der Waals surface area contributed by atoms with Gasteiger partial charge in [0.2, 0.25) is 0 Å². The molecule has 3 aromatic rings. The van der Waals surface area contributed by atoms with E-state index in [0.29, 0.717) is 0 Å². The standard InChI is InChI=1S/C13H12N2OS/c1-15-11-6-7-17-13(11)12(14-15)9-4-3-5-10(8-9)16-2/h3-8H,1-2H3. The van der Waals surface area contributed by atoms with Crippen LogP contribution in [0.1, 0.15) is 0 Å². The summed E-state index contributed by atoms with van der Waals surface area (Å²) >= 11 is 1.72. The first-order valence-corrected chi connectivity index (χ1v) is 6.22. The Morgan fingerprint density at radius 3 is 3.00 bits per heavy atom. The average molecular weight is 244 g/mol. The largest absolute Gasteiger partial charge is 0.497 e. The number of aryl methyl sites for hydroxylation is 1. The van der Waals surface area contributed by atoms with Crippen molar-refractivity contribution < 1.29 is 4.74 Å². The predicted octanol–water partition coefficient (Wildman–Crippen LogP) is 3.31. The molecule has 0 N–H and O–H groups in total. The fourth-order valence-electron chi connectivity index (χ4n) is 1.94. The van der Waals surface area contributed by atoms with Crippen LogP contribution in [0.5, 0.6) is 5.75 Å². The van der Waals surface area contributed by atoms with Crippen LogP contribution in [0.15, 0.2) is 35.7 Å².